The molecule has 1 aromatic heterocycles. The van der Waals surface area contributed by atoms with Crippen molar-refractivity contribution >= 4 is 22.6 Å². The number of nitrogens with zero attached hydrogens (tertiary/aromatic N) is 2. The predicted octanol–water partition coefficient (Wildman–Crippen LogP) is 1.85. The molecule has 3 aliphatic rings. The fourth-order valence-corrected chi connectivity index (χ4v) is 4.26. The van der Waals surface area contributed by atoms with E-state index < -0.39 is 28.6 Å². The van der Waals surface area contributed by atoms with Gasteiger partial charge in [0.2, 0.25) is 5.43 Å². The van der Waals surface area contributed by atoms with Crippen LogP contribution in [0.3, 0.4) is 0 Å². The number of carboxylic acids is 1. The first kappa shape index (κ1) is 15.7. The van der Waals surface area contributed by atoms with Crippen LogP contribution in [0.1, 0.15) is 35.7 Å². The lowest BCUT2D eigenvalue weighted by molar-refractivity contribution is 0.0695. The molecule has 2 aromatic rings. The van der Waals surface area contributed by atoms with Crippen LogP contribution in [-0.4, -0.2) is 34.3 Å². The summed E-state index contributed by atoms with van der Waals surface area (Å²) in [6, 6.07) is 0.821. The molecule has 0 radical (unpaired) electrons. The maximum atomic E-state index is 15.4. The Morgan fingerprint density at radius 3 is 2.58 bits per heavy atom. The fraction of sp³-hybridized carbons (Fsp3) is 0.444. The van der Waals surface area contributed by atoms with E-state index in [-0.39, 0.29) is 40.6 Å². The van der Waals surface area contributed by atoms with Gasteiger partial charge in [-0.25, -0.2) is 13.6 Å². The number of rotatable bonds is 3. The van der Waals surface area contributed by atoms with Crippen LogP contribution in [0, 0.1) is 17.6 Å². The molecule has 2 aliphatic carbocycles. The number of piperidine rings is 1. The van der Waals surface area contributed by atoms with E-state index in [2.05, 4.69) is 0 Å². The molecule has 1 aromatic carbocycles. The topological polar surface area (TPSA) is 88.6 Å². The van der Waals surface area contributed by atoms with Crippen molar-refractivity contribution in [2.75, 3.05) is 11.4 Å². The number of pyridine rings is 1. The van der Waals surface area contributed by atoms with Crippen molar-refractivity contribution in [1.82, 2.24) is 4.57 Å². The molecule has 0 amide bonds. The summed E-state index contributed by atoms with van der Waals surface area (Å²) >= 11 is 0. The number of carboxylic acid groups (broad SMARTS) is 1. The number of fused-ring (bicyclic) bond motifs is 2. The van der Waals surface area contributed by atoms with Gasteiger partial charge in [-0.2, -0.15) is 0 Å². The smallest absolute Gasteiger partial charge is 0.341 e. The van der Waals surface area contributed by atoms with Crippen LogP contribution < -0.4 is 16.1 Å². The van der Waals surface area contributed by atoms with Gasteiger partial charge >= 0.3 is 5.97 Å². The van der Waals surface area contributed by atoms with Gasteiger partial charge in [-0.05, 0) is 31.2 Å². The van der Waals surface area contributed by atoms with Gasteiger partial charge in [-0.1, -0.05) is 0 Å². The molecular weight excluding hydrogens is 344 g/mol. The number of hydrogen-bond acceptors (Lipinski definition) is 4. The van der Waals surface area contributed by atoms with Crippen LogP contribution in [-0.2, 0) is 0 Å². The molecule has 3 N–H and O–H groups in total. The standard InChI is InChI=1S/C18H17F2N3O3/c19-11-3-9-15(14(20)16(11)23-6-12(21)8-4-13(8)23)22(7-1-2-7)5-10(17(9)24)18(25)26/h3,5,7-8,12-13H,1-2,4,6,21H2,(H,25,26). The Hall–Kier alpha value is -2.48. The van der Waals surface area contributed by atoms with Gasteiger partial charge in [0.1, 0.15) is 17.1 Å². The zero-order valence-electron chi connectivity index (χ0n) is 13.8. The Morgan fingerprint density at radius 2 is 2.04 bits per heavy atom. The summed E-state index contributed by atoms with van der Waals surface area (Å²) in [7, 11) is 0. The fourth-order valence-electron chi connectivity index (χ4n) is 4.26. The second kappa shape index (κ2) is 5.03. The molecule has 3 fully saturated rings. The van der Waals surface area contributed by atoms with Gasteiger partial charge in [0.05, 0.1) is 10.9 Å². The largest absolute Gasteiger partial charge is 0.477 e. The minimum absolute atomic E-state index is 0.0171. The third kappa shape index (κ3) is 2.05. The quantitative estimate of drug-likeness (QED) is 0.871. The van der Waals surface area contributed by atoms with Crippen LogP contribution in [0.25, 0.3) is 10.9 Å². The van der Waals surface area contributed by atoms with Crippen LogP contribution in [0.5, 0.6) is 0 Å². The van der Waals surface area contributed by atoms with Crippen molar-refractivity contribution in [1.29, 1.82) is 0 Å². The Kier molecular flexibility index (Phi) is 3.05. The number of halogens is 2. The lowest BCUT2D eigenvalue weighted by Gasteiger charge is -2.24. The molecule has 2 saturated carbocycles. The minimum atomic E-state index is -1.40. The highest BCUT2D eigenvalue weighted by Crippen LogP contribution is 2.48. The number of anilines is 1. The summed E-state index contributed by atoms with van der Waals surface area (Å²) in [5.41, 5.74) is 4.51. The second-order valence-electron chi connectivity index (χ2n) is 7.52. The Bertz CT molecular complexity index is 1030. The Morgan fingerprint density at radius 1 is 1.31 bits per heavy atom. The molecule has 136 valence electrons. The molecular formula is C18H17F2N3O3. The highest BCUT2D eigenvalue weighted by Gasteiger charge is 2.53. The summed E-state index contributed by atoms with van der Waals surface area (Å²) in [6.07, 6.45) is 3.53. The zero-order valence-corrected chi connectivity index (χ0v) is 13.8. The highest BCUT2D eigenvalue weighted by molar-refractivity contribution is 5.94. The molecule has 2 heterocycles. The lowest BCUT2D eigenvalue weighted by atomic mass is 10.1. The van der Waals surface area contributed by atoms with E-state index in [1.54, 1.807) is 4.90 Å². The van der Waals surface area contributed by atoms with Crippen molar-refractivity contribution in [2.24, 2.45) is 11.7 Å². The number of nitrogens with two attached hydrogens (primary N) is 1. The summed E-state index contributed by atoms with van der Waals surface area (Å²) < 4.78 is 31.7. The monoisotopic (exact) mass is 361 g/mol. The Balaban J connectivity index is 1.80. The maximum absolute atomic E-state index is 15.4. The van der Waals surface area contributed by atoms with Crippen LogP contribution >= 0.6 is 0 Å². The van der Waals surface area contributed by atoms with E-state index in [0.717, 1.165) is 25.3 Å². The molecule has 26 heavy (non-hydrogen) atoms. The zero-order chi connectivity index (χ0) is 18.3. The molecule has 1 aliphatic heterocycles. The molecule has 0 spiro atoms. The molecule has 1 saturated heterocycles. The number of hydrogen-bond donors (Lipinski definition) is 2. The first-order chi connectivity index (χ1) is 12.4. The van der Waals surface area contributed by atoms with Crippen molar-refractivity contribution < 1.29 is 18.7 Å². The molecule has 3 unspecified atom stereocenters. The first-order valence-corrected chi connectivity index (χ1v) is 8.71. The Labute approximate surface area is 146 Å². The third-order valence-corrected chi connectivity index (χ3v) is 5.80. The van der Waals surface area contributed by atoms with Crippen molar-refractivity contribution in [3.63, 3.8) is 0 Å². The molecule has 3 atom stereocenters. The van der Waals surface area contributed by atoms with Gasteiger partial charge in [0.15, 0.2) is 5.82 Å². The minimum Gasteiger partial charge on any atom is -0.477 e. The van der Waals surface area contributed by atoms with E-state index in [1.807, 2.05) is 0 Å². The predicted molar refractivity (Wildman–Crippen MR) is 90.6 cm³/mol. The van der Waals surface area contributed by atoms with E-state index in [4.69, 9.17) is 5.73 Å². The van der Waals surface area contributed by atoms with Crippen LogP contribution in [0.15, 0.2) is 17.1 Å². The summed E-state index contributed by atoms with van der Waals surface area (Å²) in [5.74, 6) is -2.80. The third-order valence-electron chi connectivity index (χ3n) is 5.80. The number of carbonyl (C=O) groups is 1. The van der Waals surface area contributed by atoms with Gasteiger partial charge in [-0.3, -0.25) is 4.79 Å². The number of aromatic carboxylic acids is 1. The summed E-state index contributed by atoms with van der Waals surface area (Å²) in [4.78, 5) is 25.5. The molecule has 5 rings (SSSR count). The van der Waals surface area contributed by atoms with Gasteiger partial charge < -0.3 is 20.3 Å². The van der Waals surface area contributed by atoms with Crippen molar-refractivity contribution in [2.45, 2.75) is 37.4 Å². The van der Waals surface area contributed by atoms with Crippen LogP contribution in [0.2, 0.25) is 0 Å². The van der Waals surface area contributed by atoms with Crippen molar-refractivity contribution in [3.05, 3.63) is 39.7 Å². The summed E-state index contributed by atoms with van der Waals surface area (Å²) in [6.45, 7) is 0.371. The highest BCUT2D eigenvalue weighted by atomic mass is 19.1. The van der Waals surface area contributed by atoms with E-state index in [9.17, 15) is 19.1 Å². The molecule has 6 nitrogen and oxygen atoms in total. The molecule has 8 heteroatoms. The van der Waals surface area contributed by atoms with Gasteiger partial charge in [-0.15, -0.1) is 0 Å². The van der Waals surface area contributed by atoms with E-state index >= 15 is 4.39 Å². The van der Waals surface area contributed by atoms with E-state index in [1.165, 1.54) is 10.8 Å². The second-order valence-corrected chi connectivity index (χ2v) is 7.52. The number of aromatic nitrogens is 1. The SMILES string of the molecule is NC1CN(c2c(F)cc3c(=O)c(C(=O)O)cn(C4CC4)c3c2F)C2CC12. The summed E-state index contributed by atoms with van der Waals surface area (Å²) in [5, 5.41) is 9.03. The van der Waals surface area contributed by atoms with Crippen molar-refractivity contribution in [3.8, 4) is 0 Å². The molecule has 0 bridgehead atoms. The van der Waals surface area contributed by atoms with Gasteiger partial charge in [0, 0.05) is 30.9 Å². The average Bonchev–Trinajstić information content (AvgIpc) is 3.48. The van der Waals surface area contributed by atoms with Crippen LogP contribution in [0.4, 0.5) is 14.5 Å². The average molecular weight is 361 g/mol. The first-order valence-electron chi connectivity index (χ1n) is 8.71. The van der Waals surface area contributed by atoms with E-state index in [0.29, 0.717) is 6.54 Å². The number of benzene rings is 1. The maximum Gasteiger partial charge on any atom is 0.341 e. The van der Waals surface area contributed by atoms with Gasteiger partial charge in [0.25, 0.3) is 0 Å². The normalized spacial score (nSPS) is 27.0. The lowest BCUT2D eigenvalue weighted by Crippen LogP contribution is -2.33.